The molecule has 1 rings (SSSR count). The molecule has 0 fully saturated rings. The van der Waals surface area contributed by atoms with Crippen LogP contribution < -0.4 is 14.8 Å². The van der Waals surface area contributed by atoms with Gasteiger partial charge in [0.25, 0.3) is 0 Å². The molecule has 0 aliphatic carbocycles. The van der Waals surface area contributed by atoms with E-state index in [0.717, 1.165) is 5.75 Å². The molecule has 0 amide bonds. The number of nitrogens with one attached hydrogen (secondary N) is 1. The lowest BCUT2D eigenvalue weighted by Crippen LogP contribution is -2.35. The van der Waals surface area contributed by atoms with Crippen molar-refractivity contribution in [1.82, 2.24) is 5.32 Å². The molecule has 19 heavy (non-hydrogen) atoms. The van der Waals surface area contributed by atoms with Crippen molar-refractivity contribution in [2.45, 2.75) is 26.0 Å². The summed E-state index contributed by atoms with van der Waals surface area (Å²) in [4.78, 5) is 0. The number of ether oxygens (including phenoxy) is 2. The molecule has 1 aromatic carbocycles. The summed E-state index contributed by atoms with van der Waals surface area (Å²) in [5.41, 5.74) is 0. The maximum atomic E-state index is 9.74. The molecular formula is C15H23NO3. The topological polar surface area (TPSA) is 50.7 Å². The first-order valence-electron chi connectivity index (χ1n) is 6.50. The van der Waals surface area contributed by atoms with Gasteiger partial charge in [-0.25, -0.2) is 0 Å². The van der Waals surface area contributed by atoms with E-state index in [1.165, 1.54) is 0 Å². The summed E-state index contributed by atoms with van der Waals surface area (Å²) in [6.45, 7) is 8.90. The van der Waals surface area contributed by atoms with Crippen LogP contribution in [0.15, 0.2) is 36.9 Å². The Balaban J connectivity index is 2.37. The molecule has 0 aliphatic heterocycles. The van der Waals surface area contributed by atoms with E-state index in [-0.39, 0.29) is 6.61 Å². The molecule has 0 aliphatic rings. The van der Waals surface area contributed by atoms with Crippen molar-refractivity contribution in [2.24, 2.45) is 0 Å². The highest BCUT2D eigenvalue weighted by Gasteiger charge is 2.06. The van der Waals surface area contributed by atoms with Crippen molar-refractivity contribution in [3.8, 4) is 11.5 Å². The van der Waals surface area contributed by atoms with E-state index in [1.54, 1.807) is 12.1 Å². The molecule has 0 saturated carbocycles. The molecule has 4 nitrogen and oxygen atoms in total. The number of aliphatic hydroxyl groups is 1. The van der Waals surface area contributed by atoms with E-state index < -0.39 is 6.10 Å². The zero-order valence-corrected chi connectivity index (χ0v) is 11.6. The Morgan fingerprint density at radius 1 is 1.32 bits per heavy atom. The minimum absolute atomic E-state index is 0.255. The van der Waals surface area contributed by atoms with Gasteiger partial charge in [0, 0.05) is 18.7 Å². The summed E-state index contributed by atoms with van der Waals surface area (Å²) in [5, 5.41) is 12.9. The first-order valence-corrected chi connectivity index (χ1v) is 6.50. The highest BCUT2D eigenvalue weighted by molar-refractivity contribution is 5.33. The van der Waals surface area contributed by atoms with Gasteiger partial charge in [-0.15, -0.1) is 0 Å². The summed E-state index contributed by atoms with van der Waals surface area (Å²) in [5.74, 6) is 1.41. The average molecular weight is 265 g/mol. The van der Waals surface area contributed by atoms with Crippen molar-refractivity contribution in [3.05, 3.63) is 36.9 Å². The van der Waals surface area contributed by atoms with E-state index in [9.17, 15) is 5.11 Å². The van der Waals surface area contributed by atoms with Crippen LogP contribution in [-0.4, -0.2) is 37.0 Å². The first-order chi connectivity index (χ1) is 9.11. The van der Waals surface area contributed by atoms with E-state index in [0.29, 0.717) is 24.9 Å². The maximum absolute atomic E-state index is 9.74. The lowest BCUT2D eigenvalue weighted by molar-refractivity contribution is 0.104. The molecular weight excluding hydrogens is 242 g/mol. The molecule has 4 heteroatoms. The van der Waals surface area contributed by atoms with Crippen LogP contribution >= 0.6 is 0 Å². The number of rotatable bonds is 9. The van der Waals surface area contributed by atoms with Crippen LogP contribution in [0, 0.1) is 0 Å². The SMILES string of the molecule is C=CCOc1cccc(OCC(O)CNC(C)C)c1. The quantitative estimate of drug-likeness (QED) is 0.670. The number of hydrogen-bond acceptors (Lipinski definition) is 4. The molecule has 1 atom stereocenters. The second-order valence-corrected chi connectivity index (χ2v) is 4.60. The van der Waals surface area contributed by atoms with Crippen molar-refractivity contribution in [2.75, 3.05) is 19.8 Å². The van der Waals surface area contributed by atoms with Crippen LogP contribution in [0.3, 0.4) is 0 Å². The van der Waals surface area contributed by atoms with Crippen molar-refractivity contribution in [1.29, 1.82) is 0 Å². The van der Waals surface area contributed by atoms with Gasteiger partial charge in [-0.3, -0.25) is 0 Å². The lowest BCUT2D eigenvalue weighted by atomic mass is 10.3. The van der Waals surface area contributed by atoms with Crippen LogP contribution in [0.2, 0.25) is 0 Å². The molecule has 0 aromatic heterocycles. The van der Waals surface area contributed by atoms with Gasteiger partial charge < -0.3 is 19.9 Å². The Hall–Kier alpha value is -1.52. The fourth-order valence-corrected chi connectivity index (χ4v) is 1.43. The monoisotopic (exact) mass is 265 g/mol. The summed E-state index contributed by atoms with van der Waals surface area (Å²) < 4.78 is 10.9. The predicted octanol–water partition coefficient (Wildman–Crippen LogP) is 1.99. The zero-order valence-electron chi connectivity index (χ0n) is 11.6. The zero-order chi connectivity index (χ0) is 14.1. The van der Waals surface area contributed by atoms with Gasteiger partial charge in [0.05, 0.1) is 0 Å². The highest BCUT2D eigenvalue weighted by atomic mass is 16.5. The van der Waals surface area contributed by atoms with Crippen molar-refractivity contribution in [3.63, 3.8) is 0 Å². The molecule has 1 aromatic rings. The van der Waals surface area contributed by atoms with Crippen molar-refractivity contribution >= 4 is 0 Å². The molecule has 1 unspecified atom stereocenters. The first kappa shape index (κ1) is 15.5. The summed E-state index contributed by atoms with van der Waals surface area (Å²) in [6, 6.07) is 7.69. The minimum atomic E-state index is -0.528. The Bertz CT molecular complexity index is 379. The summed E-state index contributed by atoms with van der Waals surface area (Å²) in [6.07, 6.45) is 1.16. The fraction of sp³-hybridized carbons (Fsp3) is 0.467. The van der Waals surface area contributed by atoms with Crippen LogP contribution in [0.1, 0.15) is 13.8 Å². The van der Waals surface area contributed by atoms with Crippen LogP contribution in [0.4, 0.5) is 0 Å². The van der Waals surface area contributed by atoms with E-state index in [4.69, 9.17) is 9.47 Å². The van der Waals surface area contributed by atoms with Crippen LogP contribution in [0.5, 0.6) is 11.5 Å². The molecule has 0 heterocycles. The van der Waals surface area contributed by atoms with Gasteiger partial charge >= 0.3 is 0 Å². The smallest absolute Gasteiger partial charge is 0.123 e. The average Bonchev–Trinajstić information content (AvgIpc) is 2.41. The van der Waals surface area contributed by atoms with Gasteiger partial charge in [0.1, 0.15) is 30.8 Å². The van der Waals surface area contributed by atoms with E-state index >= 15 is 0 Å². The maximum Gasteiger partial charge on any atom is 0.123 e. The summed E-state index contributed by atoms with van der Waals surface area (Å²) in [7, 11) is 0. The third-order valence-electron chi connectivity index (χ3n) is 2.38. The predicted molar refractivity (Wildman–Crippen MR) is 76.8 cm³/mol. The Labute approximate surface area is 115 Å². The minimum Gasteiger partial charge on any atom is -0.491 e. The van der Waals surface area contributed by atoms with Gasteiger partial charge in [0.15, 0.2) is 0 Å². The molecule has 0 spiro atoms. The third-order valence-corrected chi connectivity index (χ3v) is 2.38. The molecule has 106 valence electrons. The largest absolute Gasteiger partial charge is 0.491 e. The second kappa shape index (κ2) is 8.56. The normalized spacial score (nSPS) is 12.2. The van der Waals surface area contributed by atoms with Gasteiger partial charge in [0.2, 0.25) is 0 Å². The fourth-order valence-electron chi connectivity index (χ4n) is 1.43. The Kier molecular flexibility index (Phi) is 7.00. The number of benzene rings is 1. The highest BCUT2D eigenvalue weighted by Crippen LogP contribution is 2.19. The van der Waals surface area contributed by atoms with Crippen LogP contribution in [0.25, 0.3) is 0 Å². The van der Waals surface area contributed by atoms with Gasteiger partial charge in [-0.05, 0) is 12.1 Å². The molecule has 0 radical (unpaired) electrons. The Morgan fingerprint density at radius 3 is 2.63 bits per heavy atom. The van der Waals surface area contributed by atoms with Gasteiger partial charge in [-0.2, -0.15) is 0 Å². The molecule has 0 saturated heterocycles. The van der Waals surface area contributed by atoms with Crippen molar-refractivity contribution < 1.29 is 14.6 Å². The third kappa shape index (κ3) is 6.84. The second-order valence-electron chi connectivity index (χ2n) is 4.60. The number of hydrogen-bond donors (Lipinski definition) is 2. The van der Waals surface area contributed by atoms with Crippen LogP contribution in [-0.2, 0) is 0 Å². The van der Waals surface area contributed by atoms with E-state index in [2.05, 4.69) is 11.9 Å². The molecule has 0 bridgehead atoms. The Morgan fingerprint density at radius 2 is 2.00 bits per heavy atom. The van der Waals surface area contributed by atoms with E-state index in [1.807, 2.05) is 32.0 Å². The van der Waals surface area contributed by atoms with Gasteiger partial charge in [-0.1, -0.05) is 32.6 Å². The number of aliphatic hydroxyl groups excluding tert-OH is 1. The summed E-state index contributed by atoms with van der Waals surface area (Å²) >= 11 is 0. The molecule has 2 N–H and O–H groups in total. The standard InChI is InChI=1S/C15H23NO3/c1-4-8-18-14-6-5-7-15(9-14)19-11-13(17)10-16-12(2)3/h4-7,9,12-13,16-17H,1,8,10-11H2,2-3H3. The lowest BCUT2D eigenvalue weighted by Gasteiger charge is -2.15.